The smallest absolute Gasteiger partial charge is 0.191 e. The molecule has 1 fully saturated rings. The van der Waals surface area contributed by atoms with Crippen LogP contribution in [0.3, 0.4) is 0 Å². The number of piperazine rings is 1. The molecule has 0 bridgehead atoms. The Morgan fingerprint density at radius 3 is 2.58 bits per heavy atom. The van der Waals surface area contributed by atoms with Crippen molar-refractivity contribution in [3.8, 4) is 5.75 Å². The fourth-order valence-corrected chi connectivity index (χ4v) is 3.40. The van der Waals surface area contributed by atoms with Crippen LogP contribution >= 0.6 is 35.3 Å². The molecule has 2 N–H and O–H groups in total. The summed E-state index contributed by atoms with van der Waals surface area (Å²) in [6.45, 7) is 8.18. The van der Waals surface area contributed by atoms with Gasteiger partial charge in [-0.15, -0.1) is 35.3 Å². The minimum absolute atomic E-state index is 0. The monoisotopic (exact) mass is 487 g/mol. The summed E-state index contributed by atoms with van der Waals surface area (Å²) < 4.78 is 5.88. The van der Waals surface area contributed by atoms with Crippen molar-refractivity contribution >= 4 is 46.4 Å². The molecule has 1 aromatic carbocycles. The molecule has 0 radical (unpaired) electrons. The van der Waals surface area contributed by atoms with Crippen LogP contribution < -0.4 is 15.4 Å². The molecule has 1 aliphatic rings. The topological polar surface area (TPSA) is 67.0 Å². The molecule has 26 heavy (non-hydrogen) atoms. The van der Waals surface area contributed by atoms with Crippen molar-refractivity contribution in [1.82, 2.24) is 9.88 Å². The molecule has 142 valence electrons. The fourth-order valence-electron chi connectivity index (χ4n) is 2.71. The van der Waals surface area contributed by atoms with Crippen molar-refractivity contribution in [2.75, 3.05) is 37.6 Å². The second kappa shape index (κ2) is 9.96. The first-order chi connectivity index (χ1) is 12.1. The molecule has 1 saturated heterocycles. The maximum absolute atomic E-state index is 6.16. The number of aryl methyl sites for hydroxylation is 1. The van der Waals surface area contributed by atoms with E-state index >= 15 is 0 Å². The number of nitrogens with zero attached hydrogens (tertiary/aromatic N) is 4. The van der Waals surface area contributed by atoms with Gasteiger partial charge in [0.25, 0.3) is 0 Å². The highest BCUT2D eigenvalue weighted by Gasteiger charge is 2.19. The van der Waals surface area contributed by atoms with Crippen LogP contribution in [0.15, 0.2) is 40.8 Å². The van der Waals surface area contributed by atoms with Gasteiger partial charge in [0.15, 0.2) is 11.1 Å². The van der Waals surface area contributed by atoms with Crippen LogP contribution in [-0.2, 0) is 0 Å². The van der Waals surface area contributed by atoms with E-state index in [1.54, 1.807) is 11.3 Å². The number of nitrogens with two attached hydrogens (primary N) is 1. The first-order valence-corrected chi connectivity index (χ1v) is 9.42. The van der Waals surface area contributed by atoms with Crippen molar-refractivity contribution < 1.29 is 4.74 Å². The SMILES string of the molecule is Cc1ccc(OC(C)CN=C(N)N2CCN(c3nccs3)CC2)cc1.I. The van der Waals surface area contributed by atoms with E-state index in [1.165, 1.54) is 5.56 Å². The van der Waals surface area contributed by atoms with Gasteiger partial charge in [-0.3, -0.25) is 0 Å². The summed E-state index contributed by atoms with van der Waals surface area (Å²) in [5.41, 5.74) is 7.38. The van der Waals surface area contributed by atoms with E-state index in [2.05, 4.69) is 26.7 Å². The maximum Gasteiger partial charge on any atom is 0.191 e. The van der Waals surface area contributed by atoms with Crippen LogP contribution in [0.5, 0.6) is 5.75 Å². The molecule has 0 aliphatic carbocycles. The summed E-state index contributed by atoms with van der Waals surface area (Å²) in [5.74, 6) is 1.46. The first-order valence-electron chi connectivity index (χ1n) is 8.54. The lowest BCUT2D eigenvalue weighted by Crippen LogP contribution is -2.51. The Morgan fingerprint density at radius 2 is 1.96 bits per heavy atom. The molecular weight excluding hydrogens is 461 g/mol. The Balaban J connectivity index is 0.00000243. The van der Waals surface area contributed by atoms with E-state index in [4.69, 9.17) is 10.5 Å². The summed E-state index contributed by atoms with van der Waals surface area (Å²) in [4.78, 5) is 13.3. The molecule has 2 aromatic rings. The minimum Gasteiger partial charge on any atom is -0.489 e. The van der Waals surface area contributed by atoms with E-state index < -0.39 is 0 Å². The lowest BCUT2D eigenvalue weighted by molar-refractivity contribution is 0.229. The largest absolute Gasteiger partial charge is 0.489 e. The molecule has 1 aliphatic heterocycles. The Morgan fingerprint density at radius 1 is 1.27 bits per heavy atom. The molecule has 3 rings (SSSR count). The van der Waals surface area contributed by atoms with E-state index in [1.807, 2.05) is 42.8 Å². The number of hydrogen-bond donors (Lipinski definition) is 1. The van der Waals surface area contributed by atoms with Crippen LogP contribution in [0.1, 0.15) is 12.5 Å². The zero-order valence-corrected chi connectivity index (χ0v) is 18.3. The Hall–Kier alpha value is -1.55. The average Bonchev–Trinajstić information content (AvgIpc) is 3.16. The number of anilines is 1. The predicted molar refractivity (Wildman–Crippen MR) is 119 cm³/mol. The van der Waals surface area contributed by atoms with Crippen LogP contribution in [0.4, 0.5) is 5.13 Å². The van der Waals surface area contributed by atoms with E-state index in [-0.39, 0.29) is 30.1 Å². The average molecular weight is 487 g/mol. The Labute approximate surface area is 176 Å². The molecule has 1 unspecified atom stereocenters. The first kappa shape index (κ1) is 20.8. The van der Waals surface area contributed by atoms with Gasteiger partial charge in [-0.1, -0.05) is 17.7 Å². The summed E-state index contributed by atoms with van der Waals surface area (Å²) in [6.07, 6.45) is 1.83. The number of hydrogen-bond acceptors (Lipinski definition) is 5. The number of aliphatic imine (C=N–C) groups is 1. The standard InChI is InChI=1S/C18H25N5OS.HI/c1-14-3-5-16(6-4-14)24-15(2)13-21-17(19)22-8-10-23(11-9-22)18-20-7-12-25-18;/h3-7,12,15H,8-11,13H2,1-2H3,(H2,19,21);1H. The quantitative estimate of drug-likeness (QED) is 0.399. The van der Waals surface area contributed by atoms with E-state index in [0.29, 0.717) is 12.5 Å². The molecular formula is C18H26IN5OS. The van der Waals surface area contributed by atoms with Gasteiger partial charge in [0, 0.05) is 37.8 Å². The molecule has 1 atom stereocenters. The third-order valence-electron chi connectivity index (χ3n) is 4.16. The van der Waals surface area contributed by atoms with Crippen molar-refractivity contribution in [1.29, 1.82) is 0 Å². The normalized spacial score (nSPS) is 16.2. The van der Waals surface area contributed by atoms with Gasteiger partial charge in [-0.25, -0.2) is 9.98 Å². The predicted octanol–water partition coefficient (Wildman–Crippen LogP) is 2.97. The van der Waals surface area contributed by atoms with E-state index in [0.717, 1.165) is 37.1 Å². The summed E-state index contributed by atoms with van der Waals surface area (Å²) in [5, 5.41) is 3.09. The number of ether oxygens (including phenoxy) is 1. The van der Waals surface area contributed by atoms with Gasteiger partial charge >= 0.3 is 0 Å². The maximum atomic E-state index is 6.16. The number of benzene rings is 1. The lowest BCUT2D eigenvalue weighted by Gasteiger charge is -2.35. The Kier molecular flexibility index (Phi) is 7.95. The minimum atomic E-state index is -0.0159. The van der Waals surface area contributed by atoms with E-state index in [9.17, 15) is 0 Å². The summed E-state index contributed by atoms with van der Waals surface area (Å²) >= 11 is 1.67. The third kappa shape index (κ3) is 5.73. The van der Waals surface area contributed by atoms with Crippen molar-refractivity contribution in [3.63, 3.8) is 0 Å². The highest BCUT2D eigenvalue weighted by Crippen LogP contribution is 2.18. The molecule has 6 nitrogen and oxygen atoms in total. The van der Waals surface area contributed by atoms with Gasteiger partial charge in [0.1, 0.15) is 11.9 Å². The van der Waals surface area contributed by atoms with Crippen LogP contribution in [0, 0.1) is 6.92 Å². The molecule has 0 spiro atoms. The fraction of sp³-hybridized carbons (Fsp3) is 0.444. The number of thiazole rings is 1. The number of rotatable bonds is 5. The molecule has 2 heterocycles. The zero-order chi connectivity index (χ0) is 17.6. The third-order valence-corrected chi connectivity index (χ3v) is 4.99. The van der Waals surface area contributed by atoms with Gasteiger partial charge < -0.3 is 20.3 Å². The van der Waals surface area contributed by atoms with Crippen molar-refractivity contribution in [2.45, 2.75) is 20.0 Å². The van der Waals surface area contributed by atoms with Crippen molar-refractivity contribution in [2.24, 2.45) is 10.7 Å². The number of halogens is 1. The lowest BCUT2D eigenvalue weighted by atomic mass is 10.2. The Bertz CT molecular complexity index is 684. The van der Waals surface area contributed by atoms with Crippen molar-refractivity contribution in [3.05, 3.63) is 41.4 Å². The second-order valence-corrected chi connectivity index (χ2v) is 7.10. The van der Waals surface area contributed by atoms with Gasteiger partial charge in [0.2, 0.25) is 0 Å². The van der Waals surface area contributed by atoms with Gasteiger partial charge in [0.05, 0.1) is 6.54 Å². The van der Waals surface area contributed by atoms with Gasteiger partial charge in [-0.05, 0) is 26.0 Å². The molecule has 0 saturated carbocycles. The second-order valence-electron chi connectivity index (χ2n) is 6.23. The van der Waals surface area contributed by atoms with Crippen LogP contribution in [-0.4, -0.2) is 54.7 Å². The summed E-state index contributed by atoms with van der Waals surface area (Å²) in [7, 11) is 0. The van der Waals surface area contributed by atoms with Crippen LogP contribution in [0.25, 0.3) is 0 Å². The van der Waals surface area contributed by atoms with Crippen LogP contribution in [0.2, 0.25) is 0 Å². The highest BCUT2D eigenvalue weighted by molar-refractivity contribution is 14.0. The number of guanidine groups is 1. The van der Waals surface area contributed by atoms with Gasteiger partial charge in [-0.2, -0.15) is 0 Å². The molecule has 1 aromatic heterocycles. The molecule has 0 amide bonds. The zero-order valence-electron chi connectivity index (χ0n) is 15.2. The highest BCUT2D eigenvalue weighted by atomic mass is 127. The summed E-state index contributed by atoms with van der Waals surface area (Å²) in [6, 6.07) is 8.05. The number of aromatic nitrogens is 1. The molecule has 8 heteroatoms.